The molecule has 0 saturated heterocycles. The molecule has 0 spiro atoms. The van der Waals surface area contributed by atoms with Crippen LogP contribution >= 0.6 is 0 Å². The first-order chi connectivity index (χ1) is 9.81. The van der Waals surface area contributed by atoms with Crippen molar-refractivity contribution in [2.45, 2.75) is 44.6 Å². The van der Waals surface area contributed by atoms with Gasteiger partial charge in [-0.3, -0.25) is 0 Å². The van der Waals surface area contributed by atoms with Crippen molar-refractivity contribution in [1.29, 1.82) is 0 Å². The second-order valence-corrected chi connectivity index (χ2v) is 5.61. The highest BCUT2D eigenvalue weighted by Crippen LogP contribution is 2.34. The second kappa shape index (κ2) is 5.75. The van der Waals surface area contributed by atoms with Crippen LogP contribution in [0.1, 0.15) is 54.9 Å². The first kappa shape index (κ1) is 13.3. The van der Waals surface area contributed by atoms with Crippen LogP contribution in [-0.2, 0) is 0 Å². The van der Waals surface area contributed by atoms with E-state index in [1.54, 1.807) is 0 Å². The first-order valence-electron chi connectivity index (χ1n) is 7.47. The minimum absolute atomic E-state index is 0.137. The van der Waals surface area contributed by atoms with Crippen molar-refractivity contribution in [1.82, 2.24) is 14.8 Å². The van der Waals surface area contributed by atoms with Crippen LogP contribution in [0.2, 0.25) is 0 Å². The van der Waals surface area contributed by atoms with Gasteiger partial charge in [0, 0.05) is 12.6 Å². The molecule has 4 nitrogen and oxygen atoms in total. The van der Waals surface area contributed by atoms with Crippen molar-refractivity contribution >= 4 is 0 Å². The lowest BCUT2D eigenvalue weighted by Gasteiger charge is -2.21. The van der Waals surface area contributed by atoms with Crippen molar-refractivity contribution in [2.75, 3.05) is 6.54 Å². The maximum atomic E-state index is 6.03. The monoisotopic (exact) mass is 270 g/mol. The lowest BCUT2D eigenvalue weighted by molar-refractivity contribution is 0.477. The molecule has 1 unspecified atom stereocenters. The number of rotatable bonds is 4. The van der Waals surface area contributed by atoms with E-state index in [1.807, 2.05) is 13.0 Å². The Balaban J connectivity index is 2.00. The van der Waals surface area contributed by atoms with E-state index in [4.69, 9.17) is 5.73 Å². The van der Waals surface area contributed by atoms with Gasteiger partial charge in [0.25, 0.3) is 0 Å². The highest BCUT2D eigenvalue weighted by atomic mass is 15.3. The molecule has 2 aromatic rings. The molecule has 2 N–H and O–H groups in total. The fourth-order valence-electron chi connectivity index (χ4n) is 3.31. The summed E-state index contributed by atoms with van der Waals surface area (Å²) in [5.41, 5.74) is 7.26. The molecule has 0 bridgehead atoms. The van der Waals surface area contributed by atoms with Crippen molar-refractivity contribution in [2.24, 2.45) is 5.73 Å². The summed E-state index contributed by atoms with van der Waals surface area (Å²) in [5, 5.41) is 8.75. The number of hydrogen-bond acceptors (Lipinski definition) is 3. The Morgan fingerprint density at radius 2 is 1.90 bits per heavy atom. The molecule has 0 aliphatic heterocycles. The quantitative estimate of drug-likeness (QED) is 0.929. The third-order valence-corrected chi connectivity index (χ3v) is 4.33. The minimum atomic E-state index is 0.137. The average Bonchev–Trinajstić information content (AvgIpc) is 3.11. The van der Waals surface area contributed by atoms with Crippen LogP contribution < -0.4 is 5.73 Å². The van der Waals surface area contributed by atoms with Gasteiger partial charge in [-0.25, -0.2) is 0 Å². The van der Waals surface area contributed by atoms with E-state index in [0.29, 0.717) is 12.6 Å². The van der Waals surface area contributed by atoms with E-state index in [0.717, 1.165) is 11.6 Å². The number of nitrogens with zero attached hydrogens (tertiary/aromatic N) is 3. The number of hydrogen-bond donors (Lipinski definition) is 1. The zero-order valence-electron chi connectivity index (χ0n) is 12.0. The molecule has 4 heteroatoms. The summed E-state index contributed by atoms with van der Waals surface area (Å²) < 4.78 is 2.33. The number of aryl methyl sites for hydroxylation is 1. The van der Waals surface area contributed by atoms with E-state index in [1.165, 1.54) is 31.2 Å². The summed E-state index contributed by atoms with van der Waals surface area (Å²) in [6.07, 6.45) is 5.08. The first-order valence-corrected chi connectivity index (χ1v) is 7.47. The average molecular weight is 270 g/mol. The second-order valence-electron chi connectivity index (χ2n) is 5.61. The highest BCUT2D eigenvalue weighted by molar-refractivity contribution is 5.26. The zero-order chi connectivity index (χ0) is 13.9. The maximum Gasteiger partial charge on any atom is 0.142 e. The lowest BCUT2D eigenvalue weighted by atomic mass is 9.98. The zero-order valence-corrected chi connectivity index (χ0v) is 12.0. The van der Waals surface area contributed by atoms with E-state index < -0.39 is 0 Å². The molecule has 20 heavy (non-hydrogen) atoms. The lowest BCUT2D eigenvalue weighted by Crippen LogP contribution is -2.21. The third kappa shape index (κ3) is 2.36. The van der Waals surface area contributed by atoms with E-state index in [9.17, 15) is 0 Å². The normalized spacial score (nSPS) is 17.5. The molecule has 1 atom stereocenters. The third-order valence-electron chi connectivity index (χ3n) is 4.33. The van der Waals surface area contributed by atoms with Crippen LogP contribution in [0.4, 0.5) is 0 Å². The van der Waals surface area contributed by atoms with Crippen molar-refractivity contribution < 1.29 is 0 Å². The molecule has 1 heterocycles. The van der Waals surface area contributed by atoms with Crippen LogP contribution in [0.3, 0.4) is 0 Å². The summed E-state index contributed by atoms with van der Waals surface area (Å²) in [5.74, 6) is 2.18. The largest absolute Gasteiger partial charge is 0.329 e. The van der Waals surface area contributed by atoms with Gasteiger partial charge >= 0.3 is 0 Å². The van der Waals surface area contributed by atoms with Crippen LogP contribution in [0.5, 0.6) is 0 Å². The van der Waals surface area contributed by atoms with Gasteiger partial charge in [0.2, 0.25) is 0 Å². The molecule has 1 fully saturated rings. The Morgan fingerprint density at radius 3 is 2.55 bits per heavy atom. The molecular weight excluding hydrogens is 248 g/mol. The van der Waals surface area contributed by atoms with Crippen LogP contribution in [0.15, 0.2) is 30.3 Å². The fourth-order valence-corrected chi connectivity index (χ4v) is 3.31. The Kier molecular flexibility index (Phi) is 3.83. The number of aromatic nitrogens is 3. The Bertz CT molecular complexity index is 555. The van der Waals surface area contributed by atoms with Gasteiger partial charge in [-0.2, -0.15) is 0 Å². The highest BCUT2D eigenvalue weighted by Gasteiger charge is 2.26. The van der Waals surface area contributed by atoms with Crippen LogP contribution in [-0.4, -0.2) is 21.3 Å². The number of nitrogens with two attached hydrogens (primary N) is 1. The predicted molar refractivity (Wildman–Crippen MR) is 79.6 cm³/mol. The van der Waals surface area contributed by atoms with Crippen LogP contribution in [0, 0.1) is 6.92 Å². The molecular formula is C16H22N4. The van der Waals surface area contributed by atoms with Crippen LogP contribution in [0.25, 0.3) is 0 Å². The molecule has 106 valence electrons. The van der Waals surface area contributed by atoms with Gasteiger partial charge in [-0.15, -0.1) is 10.2 Å². The van der Waals surface area contributed by atoms with Gasteiger partial charge < -0.3 is 10.3 Å². The van der Waals surface area contributed by atoms with E-state index in [-0.39, 0.29) is 5.92 Å². The molecule has 1 aromatic heterocycles. The molecule has 1 aromatic carbocycles. The molecule has 0 radical (unpaired) electrons. The van der Waals surface area contributed by atoms with Crippen molar-refractivity contribution in [3.05, 3.63) is 47.5 Å². The maximum absolute atomic E-state index is 6.03. The summed E-state index contributed by atoms with van der Waals surface area (Å²) >= 11 is 0. The minimum Gasteiger partial charge on any atom is -0.329 e. The van der Waals surface area contributed by atoms with E-state index in [2.05, 4.69) is 39.0 Å². The molecule has 1 aliphatic rings. The molecule has 1 aliphatic carbocycles. The fraction of sp³-hybridized carbons (Fsp3) is 0.500. The van der Waals surface area contributed by atoms with Gasteiger partial charge in [0.15, 0.2) is 0 Å². The smallest absolute Gasteiger partial charge is 0.142 e. The summed E-state index contributed by atoms with van der Waals surface area (Å²) in [6, 6.07) is 10.9. The van der Waals surface area contributed by atoms with Gasteiger partial charge in [0.1, 0.15) is 11.6 Å². The molecule has 0 amide bonds. The SMILES string of the molecule is Cc1nnc(C(CN)c2ccccc2)n1C1CCCC1. The molecule has 3 rings (SSSR count). The number of benzene rings is 1. The Labute approximate surface area is 120 Å². The van der Waals surface area contributed by atoms with Gasteiger partial charge in [-0.05, 0) is 25.3 Å². The predicted octanol–water partition coefficient (Wildman–Crippen LogP) is 2.79. The van der Waals surface area contributed by atoms with Crippen molar-refractivity contribution in [3.8, 4) is 0 Å². The Morgan fingerprint density at radius 1 is 1.20 bits per heavy atom. The Hall–Kier alpha value is -1.68. The summed E-state index contributed by atoms with van der Waals surface area (Å²) in [6.45, 7) is 2.61. The standard InChI is InChI=1S/C16H22N4/c1-12-18-19-16(20(12)14-9-5-6-10-14)15(11-17)13-7-3-2-4-8-13/h2-4,7-8,14-15H,5-6,9-11,17H2,1H3. The van der Waals surface area contributed by atoms with Crippen molar-refractivity contribution in [3.63, 3.8) is 0 Å². The van der Waals surface area contributed by atoms with Gasteiger partial charge in [0.05, 0.1) is 5.92 Å². The summed E-state index contributed by atoms with van der Waals surface area (Å²) in [4.78, 5) is 0. The van der Waals surface area contributed by atoms with Gasteiger partial charge in [-0.1, -0.05) is 43.2 Å². The van der Waals surface area contributed by atoms with E-state index >= 15 is 0 Å². The molecule has 1 saturated carbocycles. The topological polar surface area (TPSA) is 56.7 Å². The summed E-state index contributed by atoms with van der Waals surface area (Å²) in [7, 11) is 0.